The van der Waals surface area contributed by atoms with Gasteiger partial charge in [0.05, 0.1) is 6.04 Å². The van der Waals surface area contributed by atoms with Crippen molar-refractivity contribution in [3.05, 3.63) is 29.3 Å². The molecule has 1 amide bonds. The average molecular weight is 246 g/mol. The third-order valence-corrected chi connectivity index (χ3v) is 3.53. The molecule has 1 aromatic carbocycles. The van der Waals surface area contributed by atoms with Gasteiger partial charge in [-0.1, -0.05) is 12.5 Å². The fraction of sp³-hybridized carbons (Fsp3) is 0.533. The van der Waals surface area contributed by atoms with Gasteiger partial charge in [0.25, 0.3) is 0 Å². The third kappa shape index (κ3) is 2.91. The standard InChI is InChI=1S/C15H22N2O/c1-11-8-12(2)10-13(9-11)17(3)15(18)14-6-4-5-7-16-14/h8-10,14,16H,4-7H2,1-3H3/t14-/m0/s1. The second-order valence-electron chi connectivity index (χ2n) is 5.25. The second kappa shape index (κ2) is 5.53. The summed E-state index contributed by atoms with van der Waals surface area (Å²) < 4.78 is 0. The van der Waals surface area contributed by atoms with Gasteiger partial charge in [0.2, 0.25) is 5.91 Å². The lowest BCUT2D eigenvalue weighted by molar-refractivity contribution is -0.120. The molecule has 2 rings (SSSR count). The molecule has 98 valence electrons. The maximum atomic E-state index is 12.4. The molecule has 0 aliphatic carbocycles. The number of piperidine rings is 1. The van der Waals surface area contributed by atoms with Crippen molar-refractivity contribution in [2.75, 3.05) is 18.5 Å². The highest BCUT2D eigenvalue weighted by Gasteiger charge is 2.24. The quantitative estimate of drug-likeness (QED) is 0.869. The first kappa shape index (κ1) is 13.1. The van der Waals surface area contributed by atoms with Crippen LogP contribution in [0.5, 0.6) is 0 Å². The fourth-order valence-corrected chi connectivity index (χ4v) is 2.57. The lowest BCUT2D eigenvalue weighted by atomic mass is 10.0. The van der Waals surface area contributed by atoms with E-state index in [1.54, 1.807) is 4.90 Å². The SMILES string of the molecule is Cc1cc(C)cc(N(C)C(=O)[C@@H]2CCCCN2)c1. The van der Waals surface area contributed by atoms with Gasteiger partial charge in [-0.2, -0.15) is 0 Å². The minimum atomic E-state index is -0.00966. The Balaban J connectivity index is 2.14. The van der Waals surface area contributed by atoms with E-state index in [1.807, 2.05) is 7.05 Å². The summed E-state index contributed by atoms with van der Waals surface area (Å²) in [5.74, 6) is 0.180. The molecule has 0 saturated carbocycles. The fourth-order valence-electron chi connectivity index (χ4n) is 2.57. The number of anilines is 1. The van der Waals surface area contributed by atoms with Crippen LogP contribution >= 0.6 is 0 Å². The van der Waals surface area contributed by atoms with Crippen molar-refractivity contribution < 1.29 is 4.79 Å². The lowest BCUT2D eigenvalue weighted by Crippen LogP contribution is -2.47. The molecule has 1 aliphatic rings. The molecule has 0 bridgehead atoms. The number of carbonyl (C=O) groups excluding carboxylic acids is 1. The molecule has 0 unspecified atom stereocenters. The summed E-state index contributed by atoms with van der Waals surface area (Å²) in [6.45, 7) is 5.08. The number of nitrogens with one attached hydrogen (secondary N) is 1. The average Bonchev–Trinajstić information content (AvgIpc) is 2.37. The molecule has 3 heteroatoms. The van der Waals surface area contributed by atoms with Crippen LogP contribution in [0, 0.1) is 13.8 Å². The van der Waals surface area contributed by atoms with Crippen LogP contribution in [0.15, 0.2) is 18.2 Å². The van der Waals surface area contributed by atoms with Gasteiger partial charge in [-0.3, -0.25) is 4.79 Å². The highest BCUT2D eigenvalue weighted by atomic mass is 16.2. The van der Waals surface area contributed by atoms with Crippen LogP contribution in [0.4, 0.5) is 5.69 Å². The summed E-state index contributed by atoms with van der Waals surface area (Å²) in [5, 5.41) is 3.31. The molecule has 18 heavy (non-hydrogen) atoms. The van der Waals surface area contributed by atoms with Crippen LogP contribution in [0.2, 0.25) is 0 Å². The number of aryl methyl sites for hydroxylation is 2. The highest BCUT2D eigenvalue weighted by molar-refractivity contribution is 5.96. The van der Waals surface area contributed by atoms with Crippen molar-refractivity contribution in [2.45, 2.75) is 39.2 Å². The van der Waals surface area contributed by atoms with E-state index in [0.29, 0.717) is 0 Å². The molecule has 1 atom stereocenters. The zero-order valence-electron chi connectivity index (χ0n) is 11.5. The predicted molar refractivity (Wildman–Crippen MR) is 75.0 cm³/mol. The van der Waals surface area contributed by atoms with Crippen LogP contribution in [0.25, 0.3) is 0 Å². The topological polar surface area (TPSA) is 32.3 Å². The number of likely N-dealkylation sites (N-methyl/N-ethyl adjacent to an activating group) is 1. The smallest absolute Gasteiger partial charge is 0.243 e. The van der Waals surface area contributed by atoms with E-state index < -0.39 is 0 Å². The van der Waals surface area contributed by atoms with Gasteiger partial charge in [0, 0.05) is 12.7 Å². The first-order valence-electron chi connectivity index (χ1n) is 6.67. The van der Waals surface area contributed by atoms with Crippen LogP contribution in [0.1, 0.15) is 30.4 Å². The highest BCUT2D eigenvalue weighted by Crippen LogP contribution is 2.19. The minimum absolute atomic E-state index is 0.00966. The van der Waals surface area contributed by atoms with Gasteiger partial charge in [0.15, 0.2) is 0 Å². The van der Waals surface area contributed by atoms with E-state index in [0.717, 1.165) is 25.1 Å². The van der Waals surface area contributed by atoms with Crippen molar-refractivity contribution in [1.29, 1.82) is 0 Å². The molecule has 1 aromatic rings. The number of hydrogen-bond acceptors (Lipinski definition) is 2. The van der Waals surface area contributed by atoms with Gasteiger partial charge in [-0.15, -0.1) is 0 Å². The Hall–Kier alpha value is -1.35. The molecule has 0 radical (unpaired) electrons. The van der Waals surface area contributed by atoms with Crippen molar-refractivity contribution in [2.24, 2.45) is 0 Å². The number of hydrogen-bond donors (Lipinski definition) is 1. The Morgan fingerprint density at radius 1 is 1.22 bits per heavy atom. The predicted octanol–water partition coefficient (Wildman–Crippen LogP) is 2.41. The normalized spacial score (nSPS) is 19.6. The zero-order chi connectivity index (χ0) is 13.1. The first-order chi connectivity index (χ1) is 8.58. The Morgan fingerprint density at radius 3 is 2.44 bits per heavy atom. The van der Waals surface area contributed by atoms with Crippen molar-refractivity contribution in [1.82, 2.24) is 5.32 Å². The third-order valence-electron chi connectivity index (χ3n) is 3.53. The summed E-state index contributed by atoms with van der Waals surface area (Å²) in [4.78, 5) is 14.2. The Labute approximate surface area is 109 Å². The molecular weight excluding hydrogens is 224 g/mol. The largest absolute Gasteiger partial charge is 0.314 e. The summed E-state index contributed by atoms with van der Waals surface area (Å²) in [6, 6.07) is 6.24. The van der Waals surface area contributed by atoms with Gasteiger partial charge in [-0.05, 0) is 56.5 Å². The van der Waals surface area contributed by atoms with Gasteiger partial charge >= 0.3 is 0 Å². The minimum Gasteiger partial charge on any atom is -0.314 e. The molecular formula is C15H22N2O. The van der Waals surface area contributed by atoms with Crippen molar-refractivity contribution in [3.8, 4) is 0 Å². The number of carbonyl (C=O) groups is 1. The number of rotatable bonds is 2. The van der Waals surface area contributed by atoms with Crippen LogP contribution in [-0.2, 0) is 4.79 Å². The van der Waals surface area contributed by atoms with E-state index in [9.17, 15) is 4.79 Å². The van der Waals surface area contributed by atoms with Crippen molar-refractivity contribution in [3.63, 3.8) is 0 Å². The monoisotopic (exact) mass is 246 g/mol. The Kier molecular flexibility index (Phi) is 4.02. The Bertz CT molecular complexity index is 416. The maximum absolute atomic E-state index is 12.4. The number of amides is 1. The van der Waals surface area contributed by atoms with Gasteiger partial charge in [-0.25, -0.2) is 0 Å². The molecule has 1 aliphatic heterocycles. The zero-order valence-corrected chi connectivity index (χ0v) is 11.5. The molecule has 0 spiro atoms. The molecule has 1 heterocycles. The van der Waals surface area contributed by atoms with E-state index in [1.165, 1.54) is 17.5 Å². The second-order valence-corrected chi connectivity index (χ2v) is 5.25. The van der Waals surface area contributed by atoms with Crippen LogP contribution in [-0.4, -0.2) is 25.5 Å². The van der Waals surface area contributed by atoms with E-state index in [4.69, 9.17) is 0 Å². The number of benzene rings is 1. The summed E-state index contributed by atoms with van der Waals surface area (Å²) in [6.07, 6.45) is 3.27. The van der Waals surface area contributed by atoms with Crippen LogP contribution in [0.3, 0.4) is 0 Å². The Morgan fingerprint density at radius 2 is 1.89 bits per heavy atom. The van der Waals surface area contributed by atoms with Crippen molar-refractivity contribution >= 4 is 11.6 Å². The molecule has 1 N–H and O–H groups in total. The molecule has 0 aromatic heterocycles. The van der Waals surface area contributed by atoms with Gasteiger partial charge in [0.1, 0.15) is 0 Å². The molecule has 3 nitrogen and oxygen atoms in total. The maximum Gasteiger partial charge on any atom is 0.243 e. The van der Waals surface area contributed by atoms with E-state index in [2.05, 4.69) is 37.4 Å². The first-order valence-corrected chi connectivity index (χ1v) is 6.67. The lowest BCUT2D eigenvalue weighted by Gasteiger charge is -2.27. The van der Waals surface area contributed by atoms with Crippen LogP contribution < -0.4 is 10.2 Å². The van der Waals surface area contributed by atoms with Gasteiger partial charge < -0.3 is 10.2 Å². The number of nitrogens with zero attached hydrogens (tertiary/aromatic N) is 1. The molecule has 1 saturated heterocycles. The molecule has 1 fully saturated rings. The summed E-state index contributed by atoms with van der Waals surface area (Å²) in [5.41, 5.74) is 3.38. The summed E-state index contributed by atoms with van der Waals surface area (Å²) in [7, 11) is 1.87. The summed E-state index contributed by atoms with van der Waals surface area (Å²) >= 11 is 0. The van der Waals surface area contributed by atoms with E-state index >= 15 is 0 Å². The van der Waals surface area contributed by atoms with E-state index in [-0.39, 0.29) is 11.9 Å².